The molecule has 1 aliphatic heterocycles. The fourth-order valence-corrected chi connectivity index (χ4v) is 3.93. The molecule has 0 radical (unpaired) electrons. The number of hydrogen-bond acceptors (Lipinski definition) is 5. The zero-order valence-electron chi connectivity index (χ0n) is 12.6. The molecule has 114 valence electrons. The van der Waals surface area contributed by atoms with Gasteiger partial charge in [-0.05, 0) is 19.3 Å². The largest absolute Gasteiger partial charge is 0.500 e. The van der Waals surface area contributed by atoms with E-state index in [4.69, 9.17) is 22.8 Å². The van der Waals surface area contributed by atoms with Crippen LogP contribution in [0.15, 0.2) is 0 Å². The predicted octanol–water partition coefficient (Wildman–Crippen LogP) is 2.23. The third kappa shape index (κ3) is 5.13. The van der Waals surface area contributed by atoms with Gasteiger partial charge in [0.2, 0.25) is 0 Å². The topological polar surface area (TPSA) is 46.2 Å². The Hall–Kier alpha value is 0.0169. The van der Waals surface area contributed by atoms with Crippen LogP contribution in [0.1, 0.15) is 32.6 Å². The molecule has 19 heavy (non-hydrogen) atoms. The Balaban J connectivity index is 2.42. The molecule has 0 aromatic carbocycles. The summed E-state index contributed by atoms with van der Waals surface area (Å²) in [4.78, 5) is 0. The number of hydrogen-bond donors (Lipinski definition) is 0. The first-order valence-electron chi connectivity index (χ1n) is 7.10. The summed E-state index contributed by atoms with van der Waals surface area (Å²) in [5, 5.41) is 0. The van der Waals surface area contributed by atoms with Crippen molar-refractivity contribution >= 4 is 8.80 Å². The summed E-state index contributed by atoms with van der Waals surface area (Å²) < 4.78 is 27.8. The van der Waals surface area contributed by atoms with Crippen molar-refractivity contribution in [3.63, 3.8) is 0 Å². The molecule has 0 N–H and O–H groups in total. The van der Waals surface area contributed by atoms with Crippen molar-refractivity contribution in [3.8, 4) is 0 Å². The van der Waals surface area contributed by atoms with Crippen LogP contribution in [0.2, 0.25) is 6.04 Å². The van der Waals surface area contributed by atoms with Crippen molar-refractivity contribution in [3.05, 3.63) is 0 Å². The molecule has 0 aromatic heterocycles. The smallest absolute Gasteiger partial charge is 0.377 e. The molecule has 0 aliphatic carbocycles. The van der Waals surface area contributed by atoms with E-state index in [2.05, 4.69) is 6.92 Å². The molecule has 0 aromatic rings. The molecule has 2 unspecified atom stereocenters. The molecular weight excluding hydrogens is 264 g/mol. The van der Waals surface area contributed by atoms with Gasteiger partial charge in [-0.15, -0.1) is 0 Å². The molecule has 1 heterocycles. The molecule has 6 heteroatoms. The predicted molar refractivity (Wildman–Crippen MR) is 75.2 cm³/mol. The molecule has 1 rings (SSSR count). The number of rotatable bonds is 11. The van der Waals surface area contributed by atoms with Gasteiger partial charge in [-0.1, -0.05) is 13.3 Å². The van der Waals surface area contributed by atoms with Crippen LogP contribution in [-0.2, 0) is 22.8 Å². The van der Waals surface area contributed by atoms with E-state index in [0.717, 1.165) is 44.9 Å². The van der Waals surface area contributed by atoms with Crippen LogP contribution in [0.25, 0.3) is 0 Å². The summed E-state index contributed by atoms with van der Waals surface area (Å²) in [6, 6.07) is 0.757. The fourth-order valence-electron chi connectivity index (χ4n) is 2.18. The molecule has 2 atom stereocenters. The Morgan fingerprint density at radius 3 is 2.26 bits per heavy atom. The minimum atomic E-state index is -2.50. The normalized spacial score (nSPS) is 21.2. The van der Waals surface area contributed by atoms with Crippen molar-refractivity contribution < 1.29 is 22.8 Å². The maximum absolute atomic E-state index is 5.95. The van der Waals surface area contributed by atoms with Crippen molar-refractivity contribution in [2.24, 2.45) is 0 Å². The summed E-state index contributed by atoms with van der Waals surface area (Å²) in [7, 11) is 2.44. The van der Waals surface area contributed by atoms with Crippen molar-refractivity contribution in [1.29, 1.82) is 0 Å². The first kappa shape index (κ1) is 17.1. The average molecular weight is 292 g/mol. The van der Waals surface area contributed by atoms with Crippen molar-refractivity contribution in [1.82, 2.24) is 0 Å². The highest BCUT2D eigenvalue weighted by Crippen LogP contribution is 2.25. The van der Waals surface area contributed by atoms with E-state index >= 15 is 0 Å². The van der Waals surface area contributed by atoms with Gasteiger partial charge in [0.25, 0.3) is 0 Å². The van der Waals surface area contributed by atoms with Crippen LogP contribution in [0.3, 0.4) is 0 Å². The van der Waals surface area contributed by atoms with Gasteiger partial charge in [-0.2, -0.15) is 0 Å². The Bertz CT molecular complexity index is 223. The lowest BCUT2D eigenvalue weighted by Gasteiger charge is -2.35. The van der Waals surface area contributed by atoms with Crippen LogP contribution in [-0.4, -0.2) is 55.6 Å². The van der Waals surface area contributed by atoms with Gasteiger partial charge in [0.05, 0.1) is 12.2 Å². The lowest BCUT2D eigenvalue weighted by Crippen LogP contribution is -2.46. The molecule has 1 fully saturated rings. The monoisotopic (exact) mass is 292 g/mol. The van der Waals surface area contributed by atoms with Crippen LogP contribution in [0.5, 0.6) is 0 Å². The second-order valence-corrected chi connectivity index (χ2v) is 7.89. The SMILES string of the molecule is CCCCOC(CC[Si](OC)(OC)OC)C1CCO1. The molecule has 0 bridgehead atoms. The molecule has 0 amide bonds. The minimum Gasteiger partial charge on any atom is -0.377 e. The standard InChI is InChI=1S/C13H28O5Si/c1-5-6-9-17-13(12-7-10-18-12)8-11-19(14-2,15-3)16-4/h12-13H,5-11H2,1-4H3. The summed E-state index contributed by atoms with van der Waals surface area (Å²) >= 11 is 0. The first-order valence-corrected chi connectivity index (χ1v) is 9.03. The maximum atomic E-state index is 5.95. The molecule has 0 saturated carbocycles. The van der Waals surface area contributed by atoms with E-state index in [1.54, 1.807) is 21.3 Å². The Kier molecular flexibility index (Phi) is 8.13. The van der Waals surface area contributed by atoms with Gasteiger partial charge in [-0.3, -0.25) is 0 Å². The van der Waals surface area contributed by atoms with E-state index in [1.165, 1.54) is 0 Å². The maximum Gasteiger partial charge on any atom is 0.500 e. The quantitative estimate of drug-likeness (QED) is 0.432. The summed E-state index contributed by atoms with van der Waals surface area (Å²) in [5.74, 6) is 0. The lowest BCUT2D eigenvalue weighted by atomic mass is 10.0. The lowest BCUT2D eigenvalue weighted by molar-refractivity contribution is -0.139. The summed E-state index contributed by atoms with van der Waals surface area (Å²) in [5.41, 5.74) is 0. The van der Waals surface area contributed by atoms with Gasteiger partial charge in [-0.25, -0.2) is 0 Å². The van der Waals surface area contributed by atoms with E-state index in [0.29, 0.717) is 0 Å². The van der Waals surface area contributed by atoms with Gasteiger partial charge < -0.3 is 22.8 Å². The highest BCUT2D eigenvalue weighted by molar-refractivity contribution is 6.60. The number of unbranched alkanes of at least 4 members (excludes halogenated alkanes) is 1. The molecule has 0 spiro atoms. The summed E-state index contributed by atoms with van der Waals surface area (Å²) in [6.07, 6.45) is 4.53. The zero-order chi connectivity index (χ0) is 14.1. The van der Waals surface area contributed by atoms with E-state index in [1.807, 2.05) is 0 Å². The fraction of sp³-hybridized carbons (Fsp3) is 1.00. The Morgan fingerprint density at radius 1 is 1.21 bits per heavy atom. The highest BCUT2D eigenvalue weighted by Gasteiger charge is 2.40. The van der Waals surface area contributed by atoms with Crippen molar-refractivity contribution in [2.45, 2.75) is 50.9 Å². The van der Waals surface area contributed by atoms with Gasteiger partial charge >= 0.3 is 8.80 Å². The van der Waals surface area contributed by atoms with Crippen LogP contribution < -0.4 is 0 Å². The van der Waals surface area contributed by atoms with Crippen LogP contribution in [0.4, 0.5) is 0 Å². The Labute approximate surface area is 117 Å². The van der Waals surface area contributed by atoms with Crippen LogP contribution >= 0.6 is 0 Å². The number of ether oxygens (including phenoxy) is 2. The van der Waals surface area contributed by atoms with E-state index in [-0.39, 0.29) is 12.2 Å². The zero-order valence-corrected chi connectivity index (χ0v) is 13.6. The molecule has 1 aliphatic rings. The molecular formula is C13H28O5Si. The second-order valence-electron chi connectivity index (χ2n) is 4.79. The van der Waals surface area contributed by atoms with E-state index in [9.17, 15) is 0 Å². The third-order valence-corrected chi connectivity index (χ3v) is 6.41. The highest BCUT2D eigenvalue weighted by atomic mass is 28.4. The second kappa shape index (κ2) is 9.04. The third-order valence-electron chi connectivity index (χ3n) is 3.65. The van der Waals surface area contributed by atoms with Gasteiger partial charge in [0.15, 0.2) is 0 Å². The molecule has 5 nitrogen and oxygen atoms in total. The van der Waals surface area contributed by atoms with Crippen molar-refractivity contribution in [2.75, 3.05) is 34.5 Å². The van der Waals surface area contributed by atoms with E-state index < -0.39 is 8.80 Å². The first-order chi connectivity index (χ1) is 9.21. The van der Waals surface area contributed by atoms with Crippen LogP contribution in [0, 0.1) is 0 Å². The minimum absolute atomic E-state index is 0.132. The van der Waals surface area contributed by atoms with Gasteiger partial charge in [0.1, 0.15) is 0 Å². The Morgan fingerprint density at radius 2 is 1.84 bits per heavy atom. The average Bonchev–Trinajstić information content (AvgIpc) is 2.39. The summed E-state index contributed by atoms with van der Waals surface area (Å²) in [6.45, 7) is 3.80. The van der Waals surface area contributed by atoms with Gasteiger partial charge in [0, 0.05) is 40.6 Å². The molecule has 1 saturated heterocycles.